The van der Waals surface area contributed by atoms with Crippen molar-refractivity contribution < 1.29 is 19.1 Å². The van der Waals surface area contributed by atoms with Gasteiger partial charge in [0.15, 0.2) is 0 Å². The average Bonchev–Trinajstić information content (AvgIpc) is 2.81. The van der Waals surface area contributed by atoms with Crippen LogP contribution in [0.5, 0.6) is 0 Å². The van der Waals surface area contributed by atoms with E-state index in [1.165, 1.54) is 0 Å². The highest BCUT2D eigenvalue weighted by atomic mass is 32.2. The van der Waals surface area contributed by atoms with Crippen molar-refractivity contribution in [2.24, 2.45) is 0 Å². The lowest BCUT2D eigenvalue weighted by molar-refractivity contribution is -0.149. The maximum absolute atomic E-state index is 14.3. The molecule has 0 saturated heterocycles. The van der Waals surface area contributed by atoms with Crippen LogP contribution >= 0.6 is 11.8 Å². The molecule has 37 heavy (non-hydrogen) atoms. The smallest absolute Gasteiger partial charge is 0.408 e. The number of ether oxygens (including phenoxy) is 1. The van der Waals surface area contributed by atoms with Gasteiger partial charge in [0, 0.05) is 12.1 Å². The molecule has 0 aliphatic rings. The first-order chi connectivity index (χ1) is 17.3. The molecular weight excluding hydrogens is 486 g/mol. The number of hydrogen-bond donors (Lipinski definition) is 2. The summed E-state index contributed by atoms with van der Waals surface area (Å²) in [5.74, 6) is 0.169. The van der Waals surface area contributed by atoms with Crippen LogP contribution < -0.4 is 10.6 Å². The van der Waals surface area contributed by atoms with Crippen LogP contribution in [0, 0.1) is 6.92 Å². The van der Waals surface area contributed by atoms with E-state index in [4.69, 9.17) is 4.74 Å². The molecule has 1 aromatic carbocycles. The molecule has 2 unspecified atom stereocenters. The van der Waals surface area contributed by atoms with Crippen molar-refractivity contribution in [3.63, 3.8) is 0 Å². The Labute approximate surface area is 228 Å². The van der Waals surface area contributed by atoms with Gasteiger partial charge in [0.25, 0.3) is 0 Å². The van der Waals surface area contributed by atoms with E-state index in [-0.39, 0.29) is 11.8 Å². The van der Waals surface area contributed by atoms with Crippen LogP contribution in [-0.4, -0.2) is 58.5 Å². The molecule has 0 saturated carbocycles. The highest BCUT2D eigenvalue weighted by molar-refractivity contribution is 7.98. The second-order valence-electron chi connectivity index (χ2n) is 11.2. The summed E-state index contributed by atoms with van der Waals surface area (Å²) < 4.78 is 5.46. The second kappa shape index (κ2) is 15.3. The number of carbonyl (C=O) groups excluding carboxylic acids is 3. The lowest BCUT2D eigenvalue weighted by Gasteiger charge is -2.44. The Morgan fingerprint density at radius 3 is 2.16 bits per heavy atom. The topological polar surface area (TPSA) is 87.7 Å². The molecule has 1 rings (SSSR count). The van der Waals surface area contributed by atoms with Crippen molar-refractivity contribution in [2.45, 2.75) is 111 Å². The zero-order valence-electron chi connectivity index (χ0n) is 24.4. The molecule has 8 heteroatoms. The van der Waals surface area contributed by atoms with E-state index < -0.39 is 29.3 Å². The largest absolute Gasteiger partial charge is 0.444 e. The van der Waals surface area contributed by atoms with Crippen molar-refractivity contribution >= 4 is 29.7 Å². The minimum Gasteiger partial charge on any atom is -0.444 e. The lowest BCUT2D eigenvalue weighted by atomic mass is 9.91. The van der Waals surface area contributed by atoms with Gasteiger partial charge in [0.1, 0.15) is 17.7 Å². The van der Waals surface area contributed by atoms with E-state index in [9.17, 15) is 14.4 Å². The first-order valence-electron chi connectivity index (χ1n) is 13.4. The molecule has 0 aromatic heterocycles. The fraction of sp³-hybridized carbons (Fsp3) is 0.690. The van der Waals surface area contributed by atoms with Crippen LogP contribution in [0.4, 0.5) is 4.79 Å². The maximum atomic E-state index is 14.3. The molecule has 7 nitrogen and oxygen atoms in total. The van der Waals surface area contributed by atoms with Crippen molar-refractivity contribution in [2.75, 3.05) is 18.6 Å². The van der Waals surface area contributed by atoms with Gasteiger partial charge in [-0.05, 0) is 78.4 Å². The van der Waals surface area contributed by atoms with Crippen LogP contribution in [0.1, 0.15) is 97.7 Å². The van der Waals surface area contributed by atoms with Gasteiger partial charge in [0.2, 0.25) is 11.8 Å². The summed E-state index contributed by atoms with van der Waals surface area (Å²) in [6.07, 6.45) is 5.33. The van der Waals surface area contributed by atoms with Crippen LogP contribution in [-0.2, 0) is 14.3 Å². The summed E-state index contributed by atoms with van der Waals surface area (Å²) in [4.78, 5) is 42.4. The maximum Gasteiger partial charge on any atom is 0.408 e. The molecule has 210 valence electrons. The van der Waals surface area contributed by atoms with Crippen molar-refractivity contribution in [3.8, 4) is 0 Å². The van der Waals surface area contributed by atoms with Crippen LogP contribution in [0.3, 0.4) is 0 Å². The molecule has 0 heterocycles. The predicted molar refractivity (Wildman–Crippen MR) is 154 cm³/mol. The molecule has 0 spiro atoms. The number of thioether (sulfide) groups is 1. The molecule has 2 N–H and O–H groups in total. The third-order valence-electron chi connectivity index (χ3n) is 6.33. The number of nitrogens with one attached hydrogen (secondary N) is 2. The highest BCUT2D eigenvalue weighted by Crippen LogP contribution is 2.33. The lowest BCUT2D eigenvalue weighted by Crippen LogP contribution is -2.59. The van der Waals surface area contributed by atoms with E-state index >= 15 is 0 Å². The Morgan fingerprint density at radius 2 is 1.65 bits per heavy atom. The number of nitrogens with zero attached hydrogens (tertiary/aromatic N) is 1. The van der Waals surface area contributed by atoms with Gasteiger partial charge in [-0.3, -0.25) is 9.59 Å². The van der Waals surface area contributed by atoms with E-state index in [1.807, 2.05) is 58.2 Å². The number of amides is 3. The summed E-state index contributed by atoms with van der Waals surface area (Å²) >= 11 is 1.60. The molecule has 2 atom stereocenters. The monoisotopic (exact) mass is 535 g/mol. The fourth-order valence-electron chi connectivity index (χ4n) is 3.91. The SMILES string of the molecule is CCCCCNC(=O)C(c1ccc(C)cc1)N(C(=O)C(CCSC)NC(=O)OC(C)(C)C)C(C)(C)CC. The van der Waals surface area contributed by atoms with Crippen molar-refractivity contribution in [3.05, 3.63) is 35.4 Å². The quantitative estimate of drug-likeness (QED) is 0.285. The predicted octanol–water partition coefficient (Wildman–Crippen LogP) is 6.01. The summed E-state index contributed by atoms with van der Waals surface area (Å²) in [5.41, 5.74) is 0.473. The van der Waals surface area contributed by atoms with Gasteiger partial charge in [-0.2, -0.15) is 11.8 Å². The average molecular weight is 536 g/mol. The van der Waals surface area contributed by atoms with Crippen LogP contribution in [0.2, 0.25) is 0 Å². The minimum atomic E-state index is -0.832. The molecule has 0 radical (unpaired) electrons. The van der Waals surface area contributed by atoms with E-state index in [0.717, 1.165) is 30.4 Å². The molecule has 0 fully saturated rings. The Balaban J connectivity index is 3.51. The number of carbonyl (C=O) groups is 3. The summed E-state index contributed by atoms with van der Waals surface area (Å²) in [7, 11) is 0. The third-order valence-corrected chi connectivity index (χ3v) is 6.98. The summed E-state index contributed by atoms with van der Waals surface area (Å²) in [6.45, 7) is 16.0. The molecule has 3 amide bonds. The Hall–Kier alpha value is -2.22. The minimum absolute atomic E-state index is 0.212. The molecule has 1 aromatic rings. The molecule has 0 bridgehead atoms. The second-order valence-corrected chi connectivity index (χ2v) is 12.2. The number of aryl methyl sites for hydroxylation is 1. The third kappa shape index (κ3) is 11.0. The van der Waals surface area contributed by atoms with E-state index in [1.54, 1.807) is 37.4 Å². The van der Waals surface area contributed by atoms with Crippen molar-refractivity contribution in [1.82, 2.24) is 15.5 Å². The van der Waals surface area contributed by atoms with Crippen LogP contribution in [0.15, 0.2) is 24.3 Å². The summed E-state index contributed by atoms with van der Waals surface area (Å²) in [6, 6.07) is 6.08. The highest BCUT2D eigenvalue weighted by Gasteiger charge is 2.42. The number of alkyl carbamates (subject to hydrolysis) is 1. The fourth-order valence-corrected chi connectivity index (χ4v) is 4.38. The van der Waals surface area contributed by atoms with E-state index in [0.29, 0.717) is 25.1 Å². The van der Waals surface area contributed by atoms with Gasteiger partial charge in [-0.25, -0.2) is 4.79 Å². The van der Waals surface area contributed by atoms with E-state index in [2.05, 4.69) is 17.6 Å². The van der Waals surface area contributed by atoms with Gasteiger partial charge in [-0.1, -0.05) is 56.5 Å². The number of benzene rings is 1. The number of rotatable bonds is 14. The Kier molecular flexibility index (Phi) is 13.5. The van der Waals surface area contributed by atoms with Gasteiger partial charge in [0.05, 0.1) is 0 Å². The zero-order chi connectivity index (χ0) is 28.2. The number of unbranched alkanes of at least 4 members (excludes halogenated alkanes) is 2. The molecular formula is C29H49N3O4S. The standard InChI is InChI=1S/C29H49N3O4S/c1-10-12-13-19-30-25(33)24(22-16-14-21(3)15-17-22)32(29(7,8)11-2)26(34)23(18-20-37-9)31-27(35)36-28(4,5)6/h14-17,23-24H,10-13,18-20H2,1-9H3,(H,30,33)(H,31,35). The van der Waals surface area contributed by atoms with Crippen LogP contribution in [0.25, 0.3) is 0 Å². The number of hydrogen-bond acceptors (Lipinski definition) is 5. The molecule has 0 aliphatic heterocycles. The summed E-state index contributed by atoms with van der Waals surface area (Å²) in [5, 5.41) is 5.87. The first kappa shape index (κ1) is 32.8. The normalized spacial score (nSPS) is 13.4. The van der Waals surface area contributed by atoms with Gasteiger partial charge >= 0.3 is 6.09 Å². The van der Waals surface area contributed by atoms with Gasteiger partial charge in [-0.15, -0.1) is 0 Å². The zero-order valence-corrected chi connectivity index (χ0v) is 25.2. The Morgan fingerprint density at radius 1 is 1.03 bits per heavy atom. The Bertz CT molecular complexity index is 865. The van der Waals surface area contributed by atoms with Gasteiger partial charge < -0.3 is 20.3 Å². The van der Waals surface area contributed by atoms with Crippen molar-refractivity contribution in [1.29, 1.82) is 0 Å². The molecule has 0 aliphatic carbocycles. The first-order valence-corrected chi connectivity index (χ1v) is 14.8.